The highest BCUT2D eigenvalue weighted by Gasteiger charge is 2.36. The van der Waals surface area contributed by atoms with Gasteiger partial charge in [0.2, 0.25) is 0 Å². The van der Waals surface area contributed by atoms with Crippen LogP contribution in [0.5, 0.6) is 5.75 Å². The summed E-state index contributed by atoms with van der Waals surface area (Å²) < 4.78 is 58.9. The molecule has 1 atom stereocenters. The van der Waals surface area contributed by atoms with Crippen LogP contribution in [-0.2, 0) is 20.4 Å². The molecule has 0 saturated carbocycles. The van der Waals surface area contributed by atoms with Crippen LogP contribution >= 0.6 is 0 Å². The van der Waals surface area contributed by atoms with E-state index in [2.05, 4.69) is 4.74 Å². The maximum atomic E-state index is 13.1. The Kier molecular flexibility index (Phi) is 11.6. The van der Waals surface area contributed by atoms with E-state index in [0.29, 0.717) is 11.9 Å². The van der Waals surface area contributed by atoms with Gasteiger partial charge in [0.25, 0.3) is 11.5 Å². The summed E-state index contributed by atoms with van der Waals surface area (Å²) >= 11 is 0. The van der Waals surface area contributed by atoms with Crippen LogP contribution in [0.25, 0.3) is 11.1 Å². The average Bonchev–Trinajstić information content (AvgIpc) is 2.79. The van der Waals surface area contributed by atoms with Crippen molar-refractivity contribution in [2.24, 2.45) is 5.73 Å². The maximum Gasteiger partial charge on any atom is 0.431 e. The smallest absolute Gasteiger partial charge is 0.431 e. The second-order valence-electron chi connectivity index (χ2n) is 6.72. The SMILES string of the molecule is CC1COCCO1.CCOC.COc1ccc(-c2cc(C(N)=O)c(=O)[nH]c2C(F)(F)F)cc1. The number of carbonyl (C=O) groups is 1. The van der Waals surface area contributed by atoms with Crippen molar-refractivity contribution >= 4 is 5.91 Å². The molecule has 0 radical (unpaired) electrons. The van der Waals surface area contributed by atoms with Gasteiger partial charge in [-0.2, -0.15) is 13.2 Å². The molecule has 11 heteroatoms. The number of rotatable bonds is 4. The monoisotopic (exact) mass is 474 g/mol. The summed E-state index contributed by atoms with van der Waals surface area (Å²) in [5, 5.41) is 0. The minimum atomic E-state index is -4.79. The number of nitrogens with one attached hydrogen (secondary N) is 1. The lowest BCUT2D eigenvalue weighted by atomic mass is 10.0. The Morgan fingerprint density at radius 2 is 1.82 bits per heavy atom. The van der Waals surface area contributed by atoms with Crippen LogP contribution < -0.4 is 16.0 Å². The van der Waals surface area contributed by atoms with Crippen LogP contribution in [0.3, 0.4) is 0 Å². The van der Waals surface area contributed by atoms with E-state index in [9.17, 15) is 22.8 Å². The first-order valence-corrected chi connectivity index (χ1v) is 10.0. The number of methoxy groups -OCH3 is 2. The fraction of sp³-hybridized carbons (Fsp3) is 0.455. The summed E-state index contributed by atoms with van der Waals surface area (Å²) in [7, 11) is 3.10. The summed E-state index contributed by atoms with van der Waals surface area (Å²) in [4.78, 5) is 24.4. The minimum Gasteiger partial charge on any atom is -0.497 e. The third kappa shape index (κ3) is 9.24. The molecule has 184 valence electrons. The van der Waals surface area contributed by atoms with Gasteiger partial charge in [0, 0.05) is 19.3 Å². The predicted molar refractivity (Wildman–Crippen MR) is 116 cm³/mol. The molecule has 2 aromatic rings. The molecule has 1 saturated heterocycles. The second kappa shape index (κ2) is 13.6. The molecule has 1 fully saturated rings. The number of primary amides is 1. The lowest BCUT2D eigenvalue weighted by Gasteiger charge is -2.18. The van der Waals surface area contributed by atoms with Crippen molar-refractivity contribution in [2.45, 2.75) is 26.1 Å². The van der Waals surface area contributed by atoms with Gasteiger partial charge in [0.1, 0.15) is 17.0 Å². The van der Waals surface area contributed by atoms with Crippen molar-refractivity contribution in [1.82, 2.24) is 4.98 Å². The molecule has 8 nitrogen and oxygen atoms in total. The highest BCUT2D eigenvalue weighted by molar-refractivity contribution is 5.93. The summed E-state index contributed by atoms with van der Waals surface area (Å²) in [6.45, 7) is 7.09. The van der Waals surface area contributed by atoms with Gasteiger partial charge >= 0.3 is 6.18 Å². The Labute approximate surface area is 189 Å². The van der Waals surface area contributed by atoms with E-state index >= 15 is 0 Å². The van der Waals surface area contributed by atoms with Crippen LogP contribution in [0.1, 0.15) is 29.9 Å². The number of hydrogen-bond acceptors (Lipinski definition) is 6. The highest BCUT2D eigenvalue weighted by atomic mass is 19.4. The standard InChI is InChI=1S/C14H11F3N2O3.C5H10O2.C3H8O/c1-22-8-4-2-7(3-5-8)9-6-10(12(18)20)13(21)19-11(9)14(15,16)17;1-5-4-6-2-3-7-5;1-3-4-2/h2-6H,1H3,(H2,18,20)(H,19,21);5H,2-4H2,1H3;3H2,1-2H3. The molecule has 1 aliphatic heterocycles. The number of aromatic amines is 1. The van der Waals surface area contributed by atoms with Crippen molar-refractivity contribution in [2.75, 3.05) is 40.6 Å². The summed E-state index contributed by atoms with van der Waals surface area (Å²) in [6, 6.07) is 6.53. The van der Waals surface area contributed by atoms with Gasteiger partial charge in [0.05, 0.1) is 33.0 Å². The van der Waals surface area contributed by atoms with Gasteiger partial charge in [-0.3, -0.25) is 9.59 Å². The molecular formula is C22H29F3N2O6. The molecule has 1 aliphatic rings. The fourth-order valence-corrected chi connectivity index (χ4v) is 2.54. The van der Waals surface area contributed by atoms with Crippen molar-refractivity contribution in [1.29, 1.82) is 0 Å². The van der Waals surface area contributed by atoms with E-state index in [1.54, 1.807) is 12.1 Å². The molecule has 3 N–H and O–H groups in total. The average molecular weight is 474 g/mol. The van der Waals surface area contributed by atoms with Crippen LogP contribution in [-0.4, -0.2) is 57.6 Å². The van der Waals surface area contributed by atoms with E-state index in [4.69, 9.17) is 19.9 Å². The van der Waals surface area contributed by atoms with E-state index in [0.717, 1.165) is 32.5 Å². The van der Waals surface area contributed by atoms with Crippen molar-refractivity contribution in [3.05, 3.63) is 51.9 Å². The minimum absolute atomic E-state index is 0.159. The number of carbonyl (C=O) groups excluding carboxylic acids is 1. The number of alkyl halides is 3. The Morgan fingerprint density at radius 3 is 2.18 bits per heavy atom. The molecule has 1 aromatic heterocycles. The number of aromatic nitrogens is 1. The topological polar surface area (TPSA) is 113 Å². The number of halogens is 3. The first kappa shape index (κ1) is 28.1. The van der Waals surface area contributed by atoms with Crippen LogP contribution in [0.15, 0.2) is 35.1 Å². The van der Waals surface area contributed by atoms with Crippen LogP contribution in [0, 0.1) is 0 Å². The molecule has 0 aliphatic carbocycles. The Morgan fingerprint density at radius 1 is 1.21 bits per heavy atom. The number of benzene rings is 1. The molecular weight excluding hydrogens is 445 g/mol. The van der Waals surface area contributed by atoms with Crippen LogP contribution in [0.4, 0.5) is 13.2 Å². The van der Waals surface area contributed by atoms with Gasteiger partial charge in [-0.1, -0.05) is 12.1 Å². The lowest BCUT2D eigenvalue weighted by Crippen LogP contribution is -2.27. The zero-order chi connectivity index (χ0) is 25.0. The first-order valence-electron chi connectivity index (χ1n) is 10.0. The Balaban J connectivity index is 0.000000406. The predicted octanol–water partition coefficient (Wildman–Crippen LogP) is 3.24. The summed E-state index contributed by atoms with van der Waals surface area (Å²) in [6.07, 6.45) is -4.47. The number of hydrogen-bond donors (Lipinski definition) is 2. The van der Waals surface area contributed by atoms with Crippen molar-refractivity contribution < 1.29 is 36.9 Å². The number of nitrogens with two attached hydrogens (primary N) is 1. The third-order valence-corrected chi connectivity index (χ3v) is 4.26. The second-order valence-corrected chi connectivity index (χ2v) is 6.72. The highest BCUT2D eigenvalue weighted by Crippen LogP contribution is 2.35. The van der Waals surface area contributed by atoms with Gasteiger partial charge in [-0.25, -0.2) is 0 Å². The lowest BCUT2D eigenvalue weighted by molar-refractivity contribution is -0.140. The molecule has 1 aromatic carbocycles. The largest absolute Gasteiger partial charge is 0.497 e. The van der Waals surface area contributed by atoms with Gasteiger partial charge in [0.15, 0.2) is 0 Å². The Hall–Kier alpha value is -2.89. The number of pyridine rings is 1. The van der Waals surface area contributed by atoms with Crippen LogP contribution in [0.2, 0.25) is 0 Å². The van der Waals surface area contributed by atoms with E-state index in [1.165, 1.54) is 31.4 Å². The number of amides is 1. The molecule has 0 bridgehead atoms. The quantitative estimate of drug-likeness (QED) is 0.704. The third-order valence-electron chi connectivity index (χ3n) is 4.26. The Bertz CT molecular complexity index is 921. The number of ether oxygens (including phenoxy) is 4. The first-order chi connectivity index (χ1) is 15.5. The molecule has 1 unspecified atom stereocenters. The van der Waals surface area contributed by atoms with Gasteiger partial charge < -0.3 is 29.7 Å². The van der Waals surface area contributed by atoms with Gasteiger partial charge in [-0.15, -0.1) is 0 Å². The van der Waals surface area contributed by atoms with Crippen molar-refractivity contribution in [3.63, 3.8) is 0 Å². The van der Waals surface area contributed by atoms with Crippen molar-refractivity contribution in [3.8, 4) is 16.9 Å². The molecule has 0 spiro atoms. The van der Waals surface area contributed by atoms with E-state index in [-0.39, 0.29) is 11.1 Å². The summed E-state index contributed by atoms with van der Waals surface area (Å²) in [5.41, 5.74) is 1.85. The summed E-state index contributed by atoms with van der Waals surface area (Å²) in [5.74, 6) is -0.651. The normalized spacial score (nSPS) is 15.4. The fourth-order valence-electron chi connectivity index (χ4n) is 2.54. The van der Waals surface area contributed by atoms with E-state index in [1.807, 2.05) is 13.8 Å². The van der Waals surface area contributed by atoms with E-state index < -0.39 is 28.9 Å². The maximum absolute atomic E-state index is 13.1. The molecule has 33 heavy (non-hydrogen) atoms. The zero-order valence-corrected chi connectivity index (χ0v) is 19.0. The molecule has 1 amide bonds. The number of H-pyrrole nitrogens is 1. The molecule has 3 rings (SSSR count). The zero-order valence-electron chi connectivity index (χ0n) is 19.0. The molecule has 2 heterocycles. The van der Waals surface area contributed by atoms with Gasteiger partial charge in [-0.05, 0) is 37.6 Å².